The molecule has 1 atom stereocenters. The molecule has 2 fully saturated rings. The smallest absolute Gasteiger partial charge is 0.369 e. The first-order valence-corrected chi connectivity index (χ1v) is 14.2. The Morgan fingerprint density at radius 2 is 1.55 bits per heavy atom. The number of pyridine rings is 1. The van der Waals surface area contributed by atoms with Gasteiger partial charge in [0.15, 0.2) is 0 Å². The number of sulfonamides is 1. The molecule has 2 aromatic rings. The number of piperazine rings is 1. The molecule has 0 radical (unpaired) electrons. The van der Waals surface area contributed by atoms with Crippen LogP contribution in [-0.4, -0.2) is 77.9 Å². The second-order valence-corrected chi connectivity index (χ2v) is 12.5. The zero-order valence-electron chi connectivity index (χ0n) is 20.7. The monoisotopic (exact) mass is 611 g/mol. The van der Waals surface area contributed by atoms with Gasteiger partial charge in [-0.3, -0.25) is 5.01 Å². The molecular formula is C24H24ClF6N5O3S. The first kappa shape index (κ1) is 28.9. The van der Waals surface area contributed by atoms with Gasteiger partial charge in [-0.15, -0.1) is 0 Å². The lowest BCUT2D eigenvalue weighted by Gasteiger charge is -2.35. The molecule has 1 N–H and O–H groups in total. The van der Waals surface area contributed by atoms with Crippen molar-refractivity contribution in [3.8, 4) is 0 Å². The number of hydrogen-bond donors (Lipinski definition) is 1. The zero-order valence-corrected chi connectivity index (χ0v) is 22.3. The fraction of sp³-hybridized carbons (Fsp3) is 0.500. The van der Waals surface area contributed by atoms with Crippen molar-refractivity contribution in [3.05, 3.63) is 53.2 Å². The molecule has 3 heterocycles. The predicted octanol–water partition coefficient (Wildman–Crippen LogP) is 4.51. The first-order chi connectivity index (χ1) is 18.6. The maximum atomic E-state index is 13.6. The van der Waals surface area contributed by atoms with E-state index in [9.17, 15) is 39.9 Å². The van der Waals surface area contributed by atoms with Crippen molar-refractivity contribution in [2.24, 2.45) is 5.10 Å². The molecule has 40 heavy (non-hydrogen) atoms. The number of para-hydroxylation sites is 1. The molecule has 1 aliphatic carbocycles. The molecule has 0 spiro atoms. The number of hydrazone groups is 1. The van der Waals surface area contributed by atoms with E-state index < -0.39 is 46.2 Å². The Labute approximate surface area is 230 Å². The molecule has 1 unspecified atom stereocenters. The largest absolute Gasteiger partial charge is 0.431 e. The summed E-state index contributed by atoms with van der Waals surface area (Å²) in [4.78, 5) is 6.20. The number of aliphatic hydroxyl groups is 1. The van der Waals surface area contributed by atoms with Crippen LogP contribution in [0.15, 0.2) is 47.7 Å². The van der Waals surface area contributed by atoms with Gasteiger partial charge < -0.3 is 10.0 Å². The summed E-state index contributed by atoms with van der Waals surface area (Å²) in [7, 11) is -3.31. The zero-order chi connectivity index (χ0) is 29.1. The Hall–Kier alpha value is -2.62. The van der Waals surface area contributed by atoms with Gasteiger partial charge in [-0.1, -0.05) is 29.8 Å². The van der Waals surface area contributed by atoms with Crippen LogP contribution in [-0.2, 0) is 10.0 Å². The third-order valence-electron chi connectivity index (χ3n) is 7.27. The first-order valence-electron chi connectivity index (χ1n) is 12.3. The van der Waals surface area contributed by atoms with Crippen LogP contribution in [0.4, 0.5) is 37.8 Å². The lowest BCUT2D eigenvalue weighted by Crippen LogP contribution is -2.62. The average molecular weight is 612 g/mol. The fourth-order valence-electron chi connectivity index (χ4n) is 4.87. The topological polar surface area (TPSA) is 89.3 Å². The van der Waals surface area contributed by atoms with Gasteiger partial charge in [0.1, 0.15) is 5.82 Å². The molecule has 1 saturated heterocycles. The van der Waals surface area contributed by atoms with Crippen LogP contribution in [0.3, 0.4) is 0 Å². The molecule has 0 amide bonds. The summed E-state index contributed by atoms with van der Waals surface area (Å²) >= 11 is 6.21. The molecule has 3 aliphatic rings. The number of halogens is 7. The van der Waals surface area contributed by atoms with E-state index in [0.29, 0.717) is 31.7 Å². The van der Waals surface area contributed by atoms with Crippen molar-refractivity contribution in [1.82, 2.24) is 9.29 Å². The van der Waals surface area contributed by atoms with E-state index in [0.717, 1.165) is 5.01 Å². The number of rotatable bonds is 6. The molecule has 0 bridgehead atoms. The quantitative estimate of drug-likeness (QED) is 0.484. The molecule has 1 saturated carbocycles. The van der Waals surface area contributed by atoms with Crippen LogP contribution in [0.2, 0.25) is 5.02 Å². The van der Waals surface area contributed by atoms with E-state index in [1.165, 1.54) is 40.8 Å². The Bertz CT molecular complexity index is 1380. The van der Waals surface area contributed by atoms with E-state index in [1.807, 2.05) is 4.90 Å². The predicted molar refractivity (Wildman–Crippen MR) is 136 cm³/mol. The third-order valence-corrected chi connectivity index (χ3v) is 9.99. The second kappa shape index (κ2) is 10.0. The number of aromatic nitrogens is 1. The molecule has 2 aliphatic heterocycles. The van der Waals surface area contributed by atoms with Gasteiger partial charge >= 0.3 is 12.4 Å². The number of hydrogen-bond acceptors (Lipinski definition) is 7. The van der Waals surface area contributed by atoms with Crippen LogP contribution >= 0.6 is 11.6 Å². The van der Waals surface area contributed by atoms with Gasteiger partial charge in [-0.25, -0.2) is 13.4 Å². The molecule has 1 aromatic carbocycles. The van der Waals surface area contributed by atoms with Crippen molar-refractivity contribution in [2.45, 2.75) is 48.5 Å². The van der Waals surface area contributed by atoms with Gasteiger partial charge in [0, 0.05) is 38.8 Å². The minimum Gasteiger partial charge on any atom is -0.369 e. The van der Waals surface area contributed by atoms with Crippen molar-refractivity contribution in [1.29, 1.82) is 0 Å². The Morgan fingerprint density at radius 3 is 2.08 bits per heavy atom. The summed E-state index contributed by atoms with van der Waals surface area (Å²) in [5, 5.41) is 14.3. The Balaban J connectivity index is 1.41. The number of nitrogens with zero attached hydrogens (tertiary/aromatic N) is 5. The highest BCUT2D eigenvalue weighted by atomic mass is 35.5. The highest BCUT2D eigenvalue weighted by Crippen LogP contribution is 2.49. The van der Waals surface area contributed by atoms with Crippen molar-refractivity contribution < 1.29 is 39.9 Å². The summed E-state index contributed by atoms with van der Waals surface area (Å²) < 4.78 is 108. The normalized spacial score (nSPS) is 21.6. The van der Waals surface area contributed by atoms with Crippen LogP contribution in [0.1, 0.15) is 30.9 Å². The molecule has 1 aromatic heterocycles. The highest BCUT2D eigenvalue weighted by molar-refractivity contribution is 7.90. The number of anilines is 2. The van der Waals surface area contributed by atoms with Gasteiger partial charge in [0.05, 0.1) is 27.7 Å². The van der Waals surface area contributed by atoms with Gasteiger partial charge in [0.2, 0.25) is 10.0 Å². The molecular weight excluding hydrogens is 588 g/mol. The summed E-state index contributed by atoms with van der Waals surface area (Å²) in [6.07, 6.45) is -10.4. The van der Waals surface area contributed by atoms with Crippen LogP contribution in [0.25, 0.3) is 0 Å². The van der Waals surface area contributed by atoms with Crippen LogP contribution < -0.4 is 9.91 Å². The molecule has 8 nitrogen and oxygen atoms in total. The number of benzene rings is 1. The van der Waals surface area contributed by atoms with Crippen LogP contribution in [0, 0.1) is 0 Å². The van der Waals surface area contributed by atoms with E-state index in [4.69, 9.17) is 11.6 Å². The van der Waals surface area contributed by atoms with Crippen molar-refractivity contribution in [3.63, 3.8) is 0 Å². The molecule has 5 rings (SSSR count). The van der Waals surface area contributed by atoms with Crippen LogP contribution in [0.5, 0.6) is 0 Å². The molecule has 16 heteroatoms. The third kappa shape index (κ3) is 5.01. The SMILES string of the molecule is O=S(=O)(C1CC1)N1CCN(c2ccc(C3CC(C(O)(C(F)(F)F)C(F)(F)F)=NN3c3ccccc3Cl)cn2)CC1. The van der Waals surface area contributed by atoms with Crippen molar-refractivity contribution in [2.75, 3.05) is 36.1 Å². The summed E-state index contributed by atoms with van der Waals surface area (Å²) in [5.74, 6) is 0.470. The fourth-order valence-corrected chi connectivity index (χ4v) is 6.91. The minimum atomic E-state index is -6.08. The highest BCUT2D eigenvalue weighted by Gasteiger charge is 2.74. The van der Waals surface area contributed by atoms with Gasteiger partial charge in [-0.2, -0.15) is 35.7 Å². The van der Waals surface area contributed by atoms with E-state index in [2.05, 4.69) is 10.1 Å². The summed E-state index contributed by atoms with van der Waals surface area (Å²) in [6.45, 7) is 1.28. The summed E-state index contributed by atoms with van der Waals surface area (Å²) in [5.41, 5.74) is -6.39. The average Bonchev–Trinajstić information content (AvgIpc) is 3.67. The Kier molecular flexibility index (Phi) is 7.25. The minimum absolute atomic E-state index is 0.0312. The lowest BCUT2D eigenvalue weighted by molar-refractivity contribution is -0.338. The summed E-state index contributed by atoms with van der Waals surface area (Å²) in [6, 6.07) is 7.70. The van der Waals surface area contributed by atoms with E-state index >= 15 is 0 Å². The Morgan fingerprint density at radius 1 is 0.925 bits per heavy atom. The standard InChI is InChI=1S/C24H24ClF6N5O3S/c25-17-3-1-2-4-18(17)36-19(13-20(33-36)22(37,23(26,27)28)24(29,30)31)15-5-8-21(32-14-15)34-9-11-35(12-10-34)40(38,39)16-6-7-16/h1-5,8,14,16,19,37H,6-7,9-13H2. The maximum absolute atomic E-state index is 13.6. The van der Waals surface area contributed by atoms with Gasteiger partial charge in [0.25, 0.3) is 5.60 Å². The molecule has 218 valence electrons. The lowest BCUT2D eigenvalue weighted by atomic mass is 9.90. The van der Waals surface area contributed by atoms with E-state index in [-0.39, 0.29) is 34.6 Å². The van der Waals surface area contributed by atoms with E-state index in [1.54, 1.807) is 6.07 Å². The second-order valence-electron chi connectivity index (χ2n) is 9.85. The maximum Gasteiger partial charge on any atom is 0.431 e. The van der Waals surface area contributed by atoms with Crippen molar-refractivity contribution >= 4 is 38.8 Å². The number of alkyl halides is 6. The van der Waals surface area contributed by atoms with Gasteiger partial charge in [-0.05, 0) is 36.6 Å².